The van der Waals surface area contributed by atoms with E-state index in [-0.39, 0.29) is 17.5 Å². The van der Waals surface area contributed by atoms with Crippen molar-refractivity contribution in [1.82, 2.24) is 10.2 Å². The Bertz CT molecular complexity index is 797. The number of benzene rings is 1. The summed E-state index contributed by atoms with van der Waals surface area (Å²) in [6, 6.07) is 4.66. The summed E-state index contributed by atoms with van der Waals surface area (Å²) in [5, 5.41) is 11.7. The predicted molar refractivity (Wildman–Crippen MR) is 95.9 cm³/mol. The molecule has 0 aliphatic carbocycles. The highest BCUT2D eigenvalue weighted by molar-refractivity contribution is 8.03. The smallest absolute Gasteiger partial charge is 0.327 e. The number of thioether (sulfide) groups is 1. The quantitative estimate of drug-likeness (QED) is 0.319. The Morgan fingerprint density at radius 1 is 1.23 bits per heavy atom. The van der Waals surface area contributed by atoms with Crippen LogP contribution in [0.25, 0.3) is 0 Å². The number of nitrogens with one attached hydrogen (secondary N) is 2. The molecule has 0 fully saturated rings. The summed E-state index contributed by atoms with van der Waals surface area (Å²) in [5.74, 6) is -1.43. The third-order valence-corrected chi connectivity index (χ3v) is 5.03. The zero-order valence-corrected chi connectivity index (χ0v) is 15.4. The predicted octanol–water partition coefficient (Wildman–Crippen LogP) is 2.93. The Balaban J connectivity index is 1.95. The first-order valence-corrected chi connectivity index (χ1v) is 9.09. The van der Waals surface area contributed by atoms with Crippen molar-refractivity contribution in [2.45, 2.75) is 23.4 Å². The van der Waals surface area contributed by atoms with Crippen LogP contribution in [-0.4, -0.2) is 39.8 Å². The molecule has 1 atom stereocenters. The average molecular weight is 398 g/mol. The number of esters is 1. The van der Waals surface area contributed by atoms with Crippen molar-refractivity contribution >= 4 is 51.7 Å². The molecule has 0 aliphatic rings. The van der Waals surface area contributed by atoms with Gasteiger partial charge < -0.3 is 10.1 Å². The van der Waals surface area contributed by atoms with Crippen molar-refractivity contribution < 1.29 is 23.5 Å². The molecule has 0 saturated carbocycles. The zero-order valence-electron chi connectivity index (χ0n) is 13.8. The maximum absolute atomic E-state index is 12.8. The molecule has 0 aliphatic heterocycles. The molecule has 0 saturated heterocycles. The molecule has 8 nitrogen and oxygen atoms in total. The molecule has 11 heteroatoms. The van der Waals surface area contributed by atoms with E-state index in [1.54, 1.807) is 6.92 Å². The van der Waals surface area contributed by atoms with E-state index in [4.69, 9.17) is 4.74 Å². The first kappa shape index (κ1) is 19.8. The molecular formula is C15H15FN4O4S2. The van der Waals surface area contributed by atoms with Gasteiger partial charge >= 0.3 is 12.0 Å². The van der Waals surface area contributed by atoms with Crippen LogP contribution in [0.4, 0.5) is 20.0 Å². The molecule has 138 valence electrons. The van der Waals surface area contributed by atoms with Crippen molar-refractivity contribution in [2.75, 3.05) is 17.2 Å². The van der Waals surface area contributed by atoms with Crippen LogP contribution in [0.2, 0.25) is 0 Å². The van der Waals surface area contributed by atoms with Gasteiger partial charge in [0.15, 0.2) is 15.4 Å². The third kappa shape index (κ3) is 5.77. The molecule has 26 heavy (non-hydrogen) atoms. The Hall–Kier alpha value is -2.53. The third-order valence-electron chi connectivity index (χ3n) is 2.82. The maximum Gasteiger partial charge on any atom is 0.327 e. The molecular weight excluding hydrogens is 383 g/mol. The van der Waals surface area contributed by atoms with Gasteiger partial charge in [0.2, 0.25) is 5.13 Å². The average Bonchev–Trinajstić information content (AvgIpc) is 3.01. The molecule has 1 aromatic heterocycles. The van der Waals surface area contributed by atoms with E-state index in [9.17, 15) is 18.8 Å². The number of urea groups is 1. The van der Waals surface area contributed by atoms with Crippen LogP contribution < -0.4 is 10.6 Å². The first-order chi connectivity index (χ1) is 12.4. The maximum atomic E-state index is 12.8. The number of anilines is 2. The highest BCUT2D eigenvalue weighted by Crippen LogP contribution is 2.30. The van der Waals surface area contributed by atoms with Gasteiger partial charge in [-0.3, -0.25) is 14.9 Å². The van der Waals surface area contributed by atoms with E-state index in [0.29, 0.717) is 10.0 Å². The van der Waals surface area contributed by atoms with Crippen LogP contribution in [0.1, 0.15) is 13.8 Å². The molecule has 1 aromatic carbocycles. The number of Topliss-reactive ketones (excluding diaryl/α,β-unsaturated/α-hetero) is 1. The lowest BCUT2D eigenvalue weighted by atomic mass is 10.3. The van der Waals surface area contributed by atoms with Gasteiger partial charge in [-0.1, -0.05) is 23.1 Å². The lowest BCUT2D eigenvalue weighted by molar-refractivity contribution is -0.144. The SMILES string of the molecule is CCOC(=O)[C@H](Sc1nnc(NC(=O)Nc2ccc(F)cc2)s1)C(C)=O. The molecule has 2 N–H and O–H groups in total. The highest BCUT2D eigenvalue weighted by atomic mass is 32.2. The summed E-state index contributed by atoms with van der Waals surface area (Å²) in [4.78, 5) is 35.3. The standard InChI is InChI=1S/C15H15FN4O4S2/c1-3-24-12(22)11(8(2)21)25-15-20-19-14(26-15)18-13(23)17-10-6-4-9(16)5-7-10/h4-7,11H,3H2,1-2H3,(H2,17,18,19,23)/t11-/m1/s1. The van der Waals surface area contributed by atoms with Gasteiger partial charge in [-0.05, 0) is 38.1 Å². The second-order valence-electron chi connectivity index (χ2n) is 4.82. The second kappa shape index (κ2) is 9.25. The fraction of sp³-hybridized carbons (Fsp3) is 0.267. The van der Waals surface area contributed by atoms with Crippen molar-refractivity contribution in [3.05, 3.63) is 30.1 Å². The number of ether oxygens (including phenoxy) is 1. The van der Waals surface area contributed by atoms with Crippen LogP contribution in [0.15, 0.2) is 28.6 Å². The van der Waals surface area contributed by atoms with Gasteiger partial charge in [-0.15, -0.1) is 10.2 Å². The highest BCUT2D eigenvalue weighted by Gasteiger charge is 2.27. The van der Waals surface area contributed by atoms with Gasteiger partial charge in [0.1, 0.15) is 5.82 Å². The monoisotopic (exact) mass is 398 g/mol. The summed E-state index contributed by atoms with van der Waals surface area (Å²) in [6.45, 7) is 3.09. The lowest BCUT2D eigenvalue weighted by Crippen LogP contribution is -2.27. The number of ketones is 1. The summed E-state index contributed by atoms with van der Waals surface area (Å²) in [5.41, 5.74) is 0.405. The van der Waals surface area contributed by atoms with Crippen molar-refractivity contribution in [2.24, 2.45) is 0 Å². The molecule has 2 amide bonds. The number of hydrogen-bond donors (Lipinski definition) is 2. The first-order valence-electron chi connectivity index (χ1n) is 7.40. The Morgan fingerprint density at radius 2 is 1.92 bits per heavy atom. The summed E-state index contributed by atoms with van der Waals surface area (Å²) >= 11 is 1.91. The van der Waals surface area contributed by atoms with Crippen molar-refractivity contribution in [1.29, 1.82) is 0 Å². The summed E-state index contributed by atoms with van der Waals surface area (Å²) in [6.07, 6.45) is 0. The minimum Gasteiger partial charge on any atom is -0.465 e. The number of carbonyl (C=O) groups excluding carboxylic acids is 3. The van der Waals surface area contributed by atoms with Gasteiger partial charge in [-0.25, -0.2) is 9.18 Å². The molecule has 0 bridgehead atoms. The van der Waals surface area contributed by atoms with Crippen LogP contribution in [0.3, 0.4) is 0 Å². The number of rotatable bonds is 7. The molecule has 0 unspecified atom stereocenters. The van der Waals surface area contributed by atoms with Gasteiger partial charge in [0, 0.05) is 5.69 Å². The van der Waals surface area contributed by atoms with E-state index in [0.717, 1.165) is 23.1 Å². The second-order valence-corrected chi connectivity index (χ2v) is 7.15. The van der Waals surface area contributed by atoms with E-state index < -0.39 is 23.1 Å². The number of carbonyl (C=O) groups is 3. The normalized spacial score (nSPS) is 11.5. The van der Waals surface area contributed by atoms with Gasteiger partial charge in [0.05, 0.1) is 6.61 Å². The van der Waals surface area contributed by atoms with Crippen LogP contribution in [0.5, 0.6) is 0 Å². The molecule has 2 rings (SSSR count). The Morgan fingerprint density at radius 3 is 2.54 bits per heavy atom. The zero-order chi connectivity index (χ0) is 19.1. The molecule has 0 spiro atoms. The fourth-order valence-corrected chi connectivity index (χ4v) is 3.53. The van der Waals surface area contributed by atoms with Gasteiger partial charge in [0.25, 0.3) is 0 Å². The van der Waals surface area contributed by atoms with Crippen LogP contribution in [0, 0.1) is 5.82 Å². The number of amides is 2. The fourth-order valence-electron chi connectivity index (χ4n) is 1.72. The van der Waals surface area contributed by atoms with E-state index in [1.165, 1.54) is 31.2 Å². The Labute approximate surface area is 156 Å². The van der Waals surface area contributed by atoms with Crippen LogP contribution >= 0.6 is 23.1 Å². The topological polar surface area (TPSA) is 110 Å². The Kier molecular flexibility index (Phi) is 7.04. The number of hydrogen-bond acceptors (Lipinski definition) is 8. The number of aromatic nitrogens is 2. The van der Waals surface area contributed by atoms with Crippen molar-refractivity contribution in [3.63, 3.8) is 0 Å². The largest absolute Gasteiger partial charge is 0.465 e. The lowest BCUT2D eigenvalue weighted by Gasteiger charge is -2.09. The number of halogens is 1. The molecule has 1 heterocycles. The minimum absolute atomic E-state index is 0.162. The molecule has 0 radical (unpaired) electrons. The molecule has 2 aromatic rings. The summed E-state index contributed by atoms with van der Waals surface area (Å²) in [7, 11) is 0. The minimum atomic E-state index is -1.04. The number of nitrogens with zero attached hydrogens (tertiary/aromatic N) is 2. The van der Waals surface area contributed by atoms with E-state index in [2.05, 4.69) is 20.8 Å². The van der Waals surface area contributed by atoms with Crippen molar-refractivity contribution in [3.8, 4) is 0 Å². The van der Waals surface area contributed by atoms with E-state index in [1.807, 2.05) is 0 Å². The van der Waals surface area contributed by atoms with Crippen LogP contribution in [-0.2, 0) is 14.3 Å². The van der Waals surface area contributed by atoms with E-state index >= 15 is 0 Å². The van der Waals surface area contributed by atoms with Gasteiger partial charge in [-0.2, -0.15) is 0 Å². The summed E-state index contributed by atoms with van der Waals surface area (Å²) < 4.78 is 18.0.